The second-order valence-corrected chi connectivity index (χ2v) is 6.91. The molecule has 0 saturated carbocycles. The number of likely N-dealkylation sites (tertiary alicyclic amines) is 1. The second-order valence-electron chi connectivity index (χ2n) is 6.91. The number of fused-ring (bicyclic) bond motifs is 2. The van der Waals surface area contributed by atoms with E-state index in [2.05, 4.69) is 10.2 Å². The molecule has 0 unspecified atom stereocenters. The SMILES string of the molecule is O=C(c1ccc2c(c1)OCO2)N1CCC(Oc2nncc3ccccc23)CC1. The van der Waals surface area contributed by atoms with E-state index < -0.39 is 0 Å². The standard InChI is InChI=1S/C21H19N3O4/c25-21(14-5-6-18-19(11-14)27-13-26-18)24-9-7-16(8-10-24)28-20-17-4-2-1-3-15(17)12-22-23-20/h1-6,11-12,16H,7-10,13H2. The number of benzene rings is 2. The molecule has 7 heteroatoms. The van der Waals surface area contributed by atoms with Crippen LogP contribution in [0, 0.1) is 0 Å². The second kappa shape index (κ2) is 6.99. The van der Waals surface area contributed by atoms with E-state index in [9.17, 15) is 4.79 Å². The fraction of sp³-hybridized carbons (Fsp3) is 0.286. The van der Waals surface area contributed by atoms with Crippen molar-refractivity contribution in [2.24, 2.45) is 0 Å². The molecule has 0 aliphatic carbocycles. The first-order chi connectivity index (χ1) is 13.8. The molecule has 1 aromatic heterocycles. The van der Waals surface area contributed by atoms with Crippen LogP contribution in [0.15, 0.2) is 48.7 Å². The number of piperidine rings is 1. The van der Waals surface area contributed by atoms with Crippen LogP contribution in [0.25, 0.3) is 10.8 Å². The molecule has 28 heavy (non-hydrogen) atoms. The molecular weight excluding hydrogens is 358 g/mol. The fourth-order valence-corrected chi connectivity index (χ4v) is 3.64. The van der Waals surface area contributed by atoms with Gasteiger partial charge in [0.1, 0.15) is 6.10 Å². The molecule has 0 bridgehead atoms. The van der Waals surface area contributed by atoms with Crippen molar-refractivity contribution >= 4 is 16.7 Å². The van der Waals surface area contributed by atoms with Crippen molar-refractivity contribution in [2.45, 2.75) is 18.9 Å². The normalized spacial score (nSPS) is 16.4. The zero-order valence-electron chi connectivity index (χ0n) is 15.2. The van der Waals surface area contributed by atoms with Gasteiger partial charge in [0.2, 0.25) is 12.7 Å². The third kappa shape index (κ3) is 3.09. The van der Waals surface area contributed by atoms with Gasteiger partial charge in [-0.1, -0.05) is 18.2 Å². The number of ether oxygens (including phenoxy) is 3. The van der Waals surface area contributed by atoms with Crippen LogP contribution in [-0.2, 0) is 0 Å². The molecule has 1 amide bonds. The molecule has 3 heterocycles. The lowest BCUT2D eigenvalue weighted by atomic mass is 10.1. The summed E-state index contributed by atoms with van der Waals surface area (Å²) in [5.41, 5.74) is 0.614. The first kappa shape index (κ1) is 16.8. The van der Waals surface area contributed by atoms with Crippen LogP contribution < -0.4 is 14.2 Å². The van der Waals surface area contributed by atoms with Crippen LogP contribution in [0.1, 0.15) is 23.2 Å². The summed E-state index contributed by atoms with van der Waals surface area (Å²) in [6.45, 7) is 1.47. The Morgan fingerprint density at radius 2 is 1.89 bits per heavy atom. The number of hydrogen-bond acceptors (Lipinski definition) is 6. The zero-order chi connectivity index (χ0) is 18.9. The summed E-state index contributed by atoms with van der Waals surface area (Å²) in [6, 6.07) is 13.2. The summed E-state index contributed by atoms with van der Waals surface area (Å²) in [6.07, 6.45) is 3.25. The summed E-state index contributed by atoms with van der Waals surface area (Å²) < 4.78 is 16.8. The van der Waals surface area contributed by atoms with Crippen molar-refractivity contribution in [1.29, 1.82) is 0 Å². The quantitative estimate of drug-likeness (QED) is 0.699. The molecule has 0 atom stereocenters. The molecule has 3 aromatic rings. The lowest BCUT2D eigenvalue weighted by Gasteiger charge is -2.32. The monoisotopic (exact) mass is 377 g/mol. The van der Waals surface area contributed by atoms with E-state index in [1.54, 1.807) is 24.4 Å². The number of aromatic nitrogens is 2. The van der Waals surface area contributed by atoms with Crippen molar-refractivity contribution in [3.8, 4) is 17.4 Å². The molecule has 2 aromatic carbocycles. The maximum absolute atomic E-state index is 12.8. The molecule has 1 fully saturated rings. The van der Waals surface area contributed by atoms with Crippen LogP contribution in [0.4, 0.5) is 0 Å². The molecule has 0 radical (unpaired) electrons. The zero-order valence-corrected chi connectivity index (χ0v) is 15.2. The van der Waals surface area contributed by atoms with E-state index in [0.29, 0.717) is 36.0 Å². The largest absolute Gasteiger partial charge is 0.473 e. The van der Waals surface area contributed by atoms with Crippen LogP contribution in [0.5, 0.6) is 17.4 Å². The average molecular weight is 377 g/mol. The maximum Gasteiger partial charge on any atom is 0.253 e. The molecule has 142 valence electrons. The van der Waals surface area contributed by atoms with Gasteiger partial charge in [-0.15, -0.1) is 5.10 Å². The minimum Gasteiger partial charge on any atom is -0.473 e. The summed E-state index contributed by atoms with van der Waals surface area (Å²) in [4.78, 5) is 14.7. The molecule has 2 aliphatic rings. The molecule has 7 nitrogen and oxygen atoms in total. The molecule has 1 saturated heterocycles. The van der Waals surface area contributed by atoms with Gasteiger partial charge in [0.05, 0.1) is 6.20 Å². The Labute approximate surface area is 161 Å². The predicted octanol–water partition coefficient (Wildman–Crippen LogP) is 3.04. The van der Waals surface area contributed by atoms with E-state index in [1.165, 1.54) is 0 Å². The average Bonchev–Trinajstić information content (AvgIpc) is 3.22. The van der Waals surface area contributed by atoms with Crippen LogP contribution in [0.3, 0.4) is 0 Å². The summed E-state index contributed by atoms with van der Waals surface area (Å²) in [5, 5.41) is 10.1. The van der Waals surface area contributed by atoms with E-state index in [1.807, 2.05) is 29.2 Å². The number of carbonyl (C=O) groups is 1. The molecular formula is C21H19N3O4. The van der Waals surface area contributed by atoms with Gasteiger partial charge in [0.15, 0.2) is 11.5 Å². The van der Waals surface area contributed by atoms with Gasteiger partial charge in [-0.25, -0.2) is 0 Å². The number of rotatable bonds is 3. The van der Waals surface area contributed by atoms with Gasteiger partial charge in [0, 0.05) is 42.3 Å². The van der Waals surface area contributed by atoms with E-state index in [4.69, 9.17) is 14.2 Å². The summed E-state index contributed by atoms with van der Waals surface area (Å²) >= 11 is 0. The van der Waals surface area contributed by atoms with Crippen LogP contribution in [-0.4, -0.2) is 47.0 Å². The van der Waals surface area contributed by atoms with E-state index in [-0.39, 0.29) is 18.8 Å². The van der Waals surface area contributed by atoms with Gasteiger partial charge in [0.25, 0.3) is 5.91 Å². The summed E-state index contributed by atoms with van der Waals surface area (Å²) in [5.74, 6) is 1.86. The molecule has 5 rings (SSSR count). The van der Waals surface area contributed by atoms with E-state index >= 15 is 0 Å². The Hall–Kier alpha value is -3.35. The molecule has 0 N–H and O–H groups in total. The van der Waals surface area contributed by atoms with Crippen molar-refractivity contribution in [3.05, 3.63) is 54.2 Å². The Kier molecular flexibility index (Phi) is 4.20. The molecule has 2 aliphatic heterocycles. The van der Waals surface area contributed by atoms with Crippen LogP contribution >= 0.6 is 0 Å². The highest BCUT2D eigenvalue weighted by Gasteiger charge is 2.26. The third-order valence-electron chi connectivity index (χ3n) is 5.16. The topological polar surface area (TPSA) is 73.8 Å². The Balaban J connectivity index is 1.24. The Morgan fingerprint density at radius 3 is 2.79 bits per heavy atom. The Bertz CT molecular complexity index is 1030. The van der Waals surface area contributed by atoms with Gasteiger partial charge >= 0.3 is 0 Å². The Morgan fingerprint density at radius 1 is 1.07 bits per heavy atom. The first-order valence-electron chi connectivity index (χ1n) is 9.34. The third-order valence-corrected chi connectivity index (χ3v) is 5.16. The van der Waals surface area contributed by atoms with Gasteiger partial charge in [-0.05, 0) is 24.3 Å². The van der Waals surface area contributed by atoms with Crippen molar-refractivity contribution in [2.75, 3.05) is 19.9 Å². The lowest BCUT2D eigenvalue weighted by Crippen LogP contribution is -2.41. The maximum atomic E-state index is 12.8. The molecule has 0 spiro atoms. The first-order valence-corrected chi connectivity index (χ1v) is 9.34. The minimum absolute atomic E-state index is 0.00158. The number of nitrogens with zero attached hydrogens (tertiary/aromatic N) is 3. The van der Waals surface area contributed by atoms with Gasteiger partial charge < -0.3 is 19.1 Å². The van der Waals surface area contributed by atoms with Crippen LogP contribution in [0.2, 0.25) is 0 Å². The number of hydrogen-bond donors (Lipinski definition) is 0. The highest BCUT2D eigenvalue weighted by Crippen LogP contribution is 2.33. The number of carbonyl (C=O) groups excluding carboxylic acids is 1. The fourth-order valence-electron chi connectivity index (χ4n) is 3.64. The van der Waals surface area contributed by atoms with E-state index in [0.717, 1.165) is 23.6 Å². The predicted molar refractivity (Wildman–Crippen MR) is 102 cm³/mol. The van der Waals surface area contributed by atoms with Crippen molar-refractivity contribution in [3.63, 3.8) is 0 Å². The van der Waals surface area contributed by atoms with Crippen molar-refractivity contribution < 1.29 is 19.0 Å². The van der Waals surface area contributed by atoms with Gasteiger partial charge in [-0.3, -0.25) is 4.79 Å². The number of amides is 1. The minimum atomic E-state index is 0.00158. The van der Waals surface area contributed by atoms with Crippen molar-refractivity contribution in [1.82, 2.24) is 15.1 Å². The highest BCUT2D eigenvalue weighted by atomic mass is 16.7. The lowest BCUT2D eigenvalue weighted by molar-refractivity contribution is 0.0588. The van der Waals surface area contributed by atoms with Gasteiger partial charge in [-0.2, -0.15) is 5.10 Å². The smallest absolute Gasteiger partial charge is 0.253 e. The highest BCUT2D eigenvalue weighted by molar-refractivity contribution is 5.95. The summed E-state index contributed by atoms with van der Waals surface area (Å²) in [7, 11) is 0.